The molecule has 25 heavy (non-hydrogen) atoms. The Morgan fingerprint density at radius 2 is 1.88 bits per heavy atom. The molecule has 0 unspecified atom stereocenters. The van der Waals surface area contributed by atoms with Crippen molar-refractivity contribution in [3.63, 3.8) is 0 Å². The van der Waals surface area contributed by atoms with Crippen molar-refractivity contribution in [2.45, 2.75) is 25.8 Å². The van der Waals surface area contributed by atoms with Crippen molar-refractivity contribution in [1.29, 1.82) is 0 Å². The summed E-state index contributed by atoms with van der Waals surface area (Å²) in [6.07, 6.45) is 1.05. The first-order valence-electron chi connectivity index (χ1n) is 8.38. The van der Waals surface area contributed by atoms with Crippen LogP contribution >= 0.6 is 0 Å². The van der Waals surface area contributed by atoms with Crippen LogP contribution in [0.2, 0.25) is 0 Å². The number of nitrogens with one attached hydrogen (secondary N) is 1. The topological polar surface area (TPSA) is 79.0 Å². The van der Waals surface area contributed by atoms with Gasteiger partial charge >= 0.3 is 0 Å². The van der Waals surface area contributed by atoms with Crippen molar-refractivity contribution < 1.29 is 17.9 Å². The summed E-state index contributed by atoms with van der Waals surface area (Å²) >= 11 is 0. The summed E-state index contributed by atoms with van der Waals surface area (Å²) in [5.74, 6) is 0.522. The summed E-state index contributed by atoms with van der Waals surface area (Å²) in [5.41, 5.74) is 0.922. The minimum atomic E-state index is -3.41. The Morgan fingerprint density at radius 1 is 1.28 bits per heavy atom. The van der Waals surface area contributed by atoms with Crippen LogP contribution in [0.25, 0.3) is 0 Å². The number of para-hydroxylation sites is 1. The molecular formula is C17H27N3O4S. The first-order chi connectivity index (χ1) is 11.8. The molecule has 0 aromatic heterocycles. The molecule has 1 aliphatic rings. The predicted octanol–water partition coefficient (Wildman–Crippen LogP) is 1.39. The molecule has 1 saturated heterocycles. The molecule has 1 aliphatic heterocycles. The summed E-state index contributed by atoms with van der Waals surface area (Å²) in [4.78, 5) is 12.5. The van der Waals surface area contributed by atoms with Crippen LogP contribution in [0.15, 0.2) is 24.3 Å². The molecule has 7 nitrogen and oxygen atoms in total. The SMILES string of the molecule is COc1ccccc1[C@@H](C)NC(=O)C1CCN(S(=O)(=O)N(C)C)CC1. The first kappa shape index (κ1) is 19.7. The van der Waals surface area contributed by atoms with E-state index in [1.165, 1.54) is 22.7 Å². The summed E-state index contributed by atoms with van der Waals surface area (Å²) in [5, 5.41) is 3.02. The number of ether oxygens (including phenoxy) is 1. The average Bonchev–Trinajstić information content (AvgIpc) is 2.61. The molecule has 140 valence electrons. The quantitative estimate of drug-likeness (QED) is 0.822. The van der Waals surface area contributed by atoms with E-state index in [0.717, 1.165) is 11.3 Å². The highest BCUT2D eigenvalue weighted by atomic mass is 32.2. The van der Waals surface area contributed by atoms with E-state index >= 15 is 0 Å². The molecule has 1 fully saturated rings. The van der Waals surface area contributed by atoms with Crippen LogP contribution in [-0.2, 0) is 15.0 Å². The maximum absolute atomic E-state index is 12.5. The van der Waals surface area contributed by atoms with Gasteiger partial charge in [-0.1, -0.05) is 18.2 Å². The van der Waals surface area contributed by atoms with Gasteiger partial charge in [0, 0.05) is 38.7 Å². The van der Waals surface area contributed by atoms with Crippen LogP contribution in [0.4, 0.5) is 0 Å². The van der Waals surface area contributed by atoms with Crippen LogP contribution in [-0.4, -0.2) is 57.2 Å². The summed E-state index contributed by atoms with van der Waals surface area (Å²) in [6, 6.07) is 7.41. The van der Waals surface area contributed by atoms with Crippen LogP contribution in [0.3, 0.4) is 0 Å². The van der Waals surface area contributed by atoms with E-state index in [9.17, 15) is 13.2 Å². The van der Waals surface area contributed by atoms with Gasteiger partial charge in [0.2, 0.25) is 5.91 Å². The van der Waals surface area contributed by atoms with Gasteiger partial charge in [0.05, 0.1) is 13.2 Å². The van der Waals surface area contributed by atoms with E-state index in [4.69, 9.17) is 4.74 Å². The largest absolute Gasteiger partial charge is 0.496 e. The zero-order valence-electron chi connectivity index (χ0n) is 15.2. The Morgan fingerprint density at radius 3 is 2.44 bits per heavy atom. The third-order valence-electron chi connectivity index (χ3n) is 4.58. The van der Waals surface area contributed by atoms with E-state index in [1.54, 1.807) is 7.11 Å². The maximum Gasteiger partial charge on any atom is 0.281 e. The Bertz CT molecular complexity index is 698. The Kier molecular flexibility index (Phi) is 6.42. The fourth-order valence-electron chi connectivity index (χ4n) is 3.01. The van der Waals surface area contributed by atoms with Crippen LogP contribution < -0.4 is 10.1 Å². The number of amides is 1. The highest BCUT2D eigenvalue weighted by molar-refractivity contribution is 7.86. The van der Waals surface area contributed by atoms with Gasteiger partial charge in [-0.3, -0.25) is 4.79 Å². The second kappa shape index (κ2) is 8.16. The number of piperidine rings is 1. The molecule has 0 spiro atoms. The average molecular weight is 369 g/mol. The lowest BCUT2D eigenvalue weighted by Gasteiger charge is -2.32. The number of carbonyl (C=O) groups excluding carboxylic acids is 1. The lowest BCUT2D eigenvalue weighted by atomic mass is 9.96. The summed E-state index contributed by atoms with van der Waals surface area (Å²) < 4.78 is 32.2. The van der Waals surface area contributed by atoms with Gasteiger partial charge in [0.1, 0.15) is 5.75 Å². The molecule has 0 aliphatic carbocycles. The van der Waals surface area contributed by atoms with Crippen molar-refractivity contribution >= 4 is 16.1 Å². The monoisotopic (exact) mass is 369 g/mol. The lowest BCUT2D eigenvalue weighted by molar-refractivity contribution is -0.126. The smallest absolute Gasteiger partial charge is 0.281 e. The summed E-state index contributed by atoms with van der Waals surface area (Å²) in [6.45, 7) is 2.64. The molecule has 1 N–H and O–H groups in total. The van der Waals surface area contributed by atoms with Crippen molar-refractivity contribution in [1.82, 2.24) is 13.9 Å². The molecule has 1 amide bonds. The van der Waals surface area contributed by atoms with Crippen molar-refractivity contribution in [2.24, 2.45) is 5.92 Å². The van der Waals surface area contributed by atoms with Gasteiger partial charge in [-0.25, -0.2) is 0 Å². The van der Waals surface area contributed by atoms with Crippen LogP contribution in [0.5, 0.6) is 5.75 Å². The molecule has 1 aromatic rings. The first-order valence-corrected chi connectivity index (χ1v) is 9.78. The van der Waals surface area contributed by atoms with Gasteiger partial charge in [0.25, 0.3) is 10.2 Å². The van der Waals surface area contributed by atoms with Crippen LogP contribution in [0.1, 0.15) is 31.4 Å². The number of hydrogen-bond donors (Lipinski definition) is 1. The second-order valence-corrected chi connectivity index (χ2v) is 8.58. The molecule has 1 atom stereocenters. The Hall–Kier alpha value is -1.64. The number of carbonyl (C=O) groups is 1. The number of hydrogen-bond acceptors (Lipinski definition) is 4. The fourth-order valence-corrected chi connectivity index (χ4v) is 4.15. The molecule has 2 rings (SSSR count). The van der Waals surface area contributed by atoms with E-state index < -0.39 is 10.2 Å². The minimum Gasteiger partial charge on any atom is -0.496 e. The standard InChI is InChI=1S/C17H27N3O4S/c1-13(15-7-5-6-8-16(15)24-4)18-17(21)14-9-11-20(12-10-14)25(22,23)19(2)3/h5-8,13-14H,9-12H2,1-4H3,(H,18,21)/t13-/m1/s1. The number of benzene rings is 1. The van der Waals surface area contributed by atoms with Crippen LogP contribution in [0, 0.1) is 5.92 Å². The van der Waals surface area contributed by atoms with E-state index in [1.807, 2.05) is 31.2 Å². The normalized spacial score (nSPS) is 18.1. The highest BCUT2D eigenvalue weighted by Gasteiger charge is 2.32. The lowest BCUT2D eigenvalue weighted by Crippen LogP contribution is -2.47. The molecule has 1 aromatic carbocycles. The van der Waals surface area contributed by atoms with Crippen molar-refractivity contribution in [3.8, 4) is 5.75 Å². The van der Waals surface area contributed by atoms with Gasteiger partial charge in [0.15, 0.2) is 0 Å². The zero-order valence-corrected chi connectivity index (χ0v) is 16.0. The van der Waals surface area contributed by atoms with E-state index in [-0.39, 0.29) is 17.9 Å². The number of methoxy groups -OCH3 is 1. The predicted molar refractivity (Wildman–Crippen MR) is 96.5 cm³/mol. The second-order valence-electron chi connectivity index (χ2n) is 6.44. The minimum absolute atomic E-state index is 0.0414. The zero-order chi connectivity index (χ0) is 18.6. The Balaban J connectivity index is 1.95. The number of rotatable bonds is 6. The molecule has 1 heterocycles. The third-order valence-corrected chi connectivity index (χ3v) is 6.52. The highest BCUT2D eigenvalue weighted by Crippen LogP contribution is 2.26. The summed E-state index contributed by atoms with van der Waals surface area (Å²) in [7, 11) is 1.23. The van der Waals surface area contributed by atoms with E-state index in [2.05, 4.69) is 5.32 Å². The van der Waals surface area contributed by atoms with Crippen molar-refractivity contribution in [3.05, 3.63) is 29.8 Å². The maximum atomic E-state index is 12.5. The van der Waals surface area contributed by atoms with E-state index in [0.29, 0.717) is 25.9 Å². The van der Waals surface area contributed by atoms with Gasteiger partial charge in [-0.2, -0.15) is 17.0 Å². The third kappa shape index (κ3) is 4.50. The number of nitrogens with zero attached hydrogens (tertiary/aromatic N) is 2. The van der Waals surface area contributed by atoms with Gasteiger partial charge < -0.3 is 10.1 Å². The molecule has 0 bridgehead atoms. The molecule has 8 heteroatoms. The molecule has 0 saturated carbocycles. The van der Waals surface area contributed by atoms with Gasteiger partial charge in [-0.15, -0.1) is 0 Å². The molecular weight excluding hydrogens is 342 g/mol. The molecule has 0 radical (unpaired) electrons. The fraction of sp³-hybridized carbons (Fsp3) is 0.588. The van der Waals surface area contributed by atoms with Crippen molar-refractivity contribution in [2.75, 3.05) is 34.3 Å². The Labute approximate surface area is 150 Å². The van der Waals surface area contributed by atoms with Gasteiger partial charge in [-0.05, 0) is 25.8 Å².